The molecule has 0 radical (unpaired) electrons. The zero-order chi connectivity index (χ0) is 18.0. The molecule has 2 atom stereocenters. The zero-order valence-corrected chi connectivity index (χ0v) is 14.6. The Bertz CT molecular complexity index is 781. The summed E-state index contributed by atoms with van der Waals surface area (Å²) >= 11 is 0. The molecule has 2 aromatic carbocycles. The zero-order valence-electron chi connectivity index (χ0n) is 14.6. The molecule has 0 fully saturated rings. The van der Waals surface area contributed by atoms with Crippen LogP contribution < -0.4 is 10.6 Å². The Morgan fingerprint density at radius 3 is 2.24 bits per heavy atom. The monoisotopic (exact) mass is 338 g/mol. The van der Waals surface area contributed by atoms with Gasteiger partial charge in [0.25, 0.3) is 0 Å². The van der Waals surface area contributed by atoms with Crippen LogP contribution in [-0.4, -0.2) is 17.6 Å². The van der Waals surface area contributed by atoms with Crippen LogP contribution in [0.4, 0.5) is 4.79 Å². The van der Waals surface area contributed by atoms with Gasteiger partial charge >= 0.3 is 6.09 Å². The van der Waals surface area contributed by atoms with Gasteiger partial charge in [0, 0.05) is 0 Å². The molecule has 1 aliphatic rings. The van der Waals surface area contributed by atoms with Crippen LogP contribution in [0.25, 0.3) is 0 Å². The van der Waals surface area contributed by atoms with Crippen molar-refractivity contribution in [2.24, 2.45) is 0 Å². The summed E-state index contributed by atoms with van der Waals surface area (Å²) in [5.74, 6) is -0.251. The number of nitrogens with one attached hydrogen (secondary N) is 2. The highest BCUT2D eigenvalue weighted by Crippen LogP contribution is 2.33. The summed E-state index contributed by atoms with van der Waals surface area (Å²) in [4.78, 5) is 24.8. The van der Waals surface area contributed by atoms with Crippen LogP contribution in [0.5, 0.6) is 0 Å². The van der Waals surface area contributed by atoms with Gasteiger partial charge in [-0.2, -0.15) is 0 Å². The van der Waals surface area contributed by atoms with Gasteiger partial charge in [0.2, 0.25) is 5.91 Å². The molecular weight excluding hydrogens is 316 g/mol. The molecule has 0 aliphatic carbocycles. The van der Waals surface area contributed by atoms with Crippen molar-refractivity contribution < 1.29 is 14.3 Å². The van der Waals surface area contributed by atoms with E-state index in [9.17, 15) is 9.59 Å². The smallest absolute Gasteiger partial charge is 0.408 e. The molecule has 1 heterocycles. The van der Waals surface area contributed by atoms with E-state index in [0.29, 0.717) is 0 Å². The first kappa shape index (κ1) is 17.0. The maximum Gasteiger partial charge on any atom is 0.408 e. The Labute approximate surface area is 147 Å². The minimum Gasteiger partial charge on any atom is -0.444 e. The largest absolute Gasteiger partial charge is 0.444 e. The lowest BCUT2D eigenvalue weighted by Gasteiger charge is -2.33. The Hall–Kier alpha value is -2.82. The number of hydrogen-bond donors (Lipinski definition) is 2. The number of hydrogen-bond acceptors (Lipinski definition) is 3. The molecule has 0 spiro atoms. The van der Waals surface area contributed by atoms with Crippen LogP contribution in [-0.2, 0) is 9.53 Å². The quantitative estimate of drug-likeness (QED) is 0.881. The standard InChI is InChI=1S/C20H22N2O3/c1-20(2,3)25-19(24)22-17-15-12-8-7-11-14(15)16(21-18(17)23)13-9-5-4-6-10-13/h4-12,16-17H,1-3H3,(H,21,23)(H,22,24)/t16?,17-/m0/s1. The van der Waals surface area contributed by atoms with Gasteiger partial charge in [0.15, 0.2) is 0 Å². The maximum atomic E-state index is 12.7. The van der Waals surface area contributed by atoms with Gasteiger partial charge in [-0.3, -0.25) is 4.79 Å². The minimum atomic E-state index is -0.772. The summed E-state index contributed by atoms with van der Waals surface area (Å²) in [6.45, 7) is 5.35. The van der Waals surface area contributed by atoms with Crippen LogP contribution in [0.1, 0.15) is 49.5 Å². The molecule has 2 aromatic rings. The van der Waals surface area contributed by atoms with Crippen LogP contribution in [0.15, 0.2) is 54.6 Å². The third-order valence-corrected chi connectivity index (χ3v) is 3.96. The third-order valence-electron chi connectivity index (χ3n) is 3.96. The first-order valence-corrected chi connectivity index (χ1v) is 8.29. The first-order valence-electron chi connectivity index (χ1n) is 8.29. The highest BCUT2D eigenvalue weighted by atomic mass is 16.6. The van der Waals surface area contributed by atoms with E-state index in [2.05, 4.69) is 10.6 Å². The minimum absolute atomic E-state index is 0.235. The SMILES string of the molecule is CC(C)(C)OC(=O)N[C@@H]1C(=O)NC(c2ccccc2)c2ccccc21. The molecule has 0 saturated carbocycles. The average Bonchev–Trinajstić information content (AvgIpc) is 2.56. The van der Waals surface area contributed by atoms with Crippen molar-refractivity contribution >= 4 is 12.0 Å². The molecule has 130 valence electrons. The molecule has 5 nitrogen and oxygen atoms in total. The second-order valence-corrected chi connectivity index (χ2v) is 7.06. The number of amides is 2. The summed E-state index contributed by atoms with van der Waals surface area (Å²) in [7, 11) is 0. The number of rotatable bonds is 2. The number of ether oxygens (including phenoxy) is 1. The lowest BCUT2D eigenvalue weighted by molar-refractivity contribution is -0.124. The second kappa shape index (κ2) is 6.59. The second-order valence-electron chi connectivity index (χ2n) is 7.06. The number of alkyl carbamates (subject to hydrolysis) is 1. The van der Waals surface area contributed by atoms with E-state index < -0.39 is 17.7 Å². The van der Waals surface area contributed by atoms with E-state index in [1.165, 1.54) is 0 Å². The Balaban J connectivity index is 1.91. The lowest BCUT2D eigenvalue weighted by atomic mass is 9.87. The fourth-order valence-corrected chi connectivity index (χ4v) is 2.96. The van der Waals surface area contributed by atoms with Crippen molar-refractivity contribution in [3.63, 3.8) is 0 Å². The highest BCUT2D eigenvalue weighted by molar-refractivity contribution is 5.89. The molecule has 2 N–H and O–H groups in total. The molecule has 1 aliphatic heterocycles. The highest BCUT2D eigenvalue weighted by Gasteiger charge is 2.35. The Kier molecular flexibility index (Phi) is 4.49. The van der Waals surface area contributed by atoms with Gasteiger partial charge < -0.3 is 15.4 Å². The summed E-state index contributed by atoms with van der Waals surface area (Å²) in [6.07, 6.45) is -0.611. The van der Waals surface area contributed by atoms with Crippen molar-refractivity contribution in [2.45, 2.75) is 38.5 Å². The van der Waals surface area contributed by atoms with Crippen molar-refractivity contribution in [2.75, 3.05) is 0 Å². The number of carbonyl (C=O) groups is 2. The molecule has 3 rings (SSSR count). The lowest BCUT2D eigenvalue weighted by Crippen LogP contribution is -2.47. The van der Waals surface area contributed by atoms with Crippen LogP contribution in [0.2, 0.25) is 0 Å². The topological polar surface area (TPSA) is 67.4 Å². The molecule has 0 aromatic heterocycles. The predicted octanol–water partition coefficient (Wildman–Crippen LogP) is 3.47. The Morgan fingerprint density at radius 1 is 1.00 bits per heavy atom. The molecule has 5 heteroatoms. The van der Waals surface area contributed by atoms with Crippen molar-refractivity contribution in [3.8, 4) is 0 Å². The molecule has 0 saturated heterocycles. The van der Waals surface area contributed by atoms with Gasteiger partial charge in [-0.15, -0.1) is 0 Å². The summed E-state index contributed by atoms with van der Waals surface area (Å²) in [5, 5.41) is 5.68. The van der Waals surface area contributed by atoms with E-state index in [-0.39, 0.29) is 11.9 Å². The van der Waals surface area contributed by atoms with Crippen LogP contribution >= 0.6 is 0 Å². The van der Waals surface area contributed by atoms with E-state index in [4.69, 9.17) is 4.74 Å². The van der Waals surface area contributed by atoms with Gasteiger partial charge in [0.05, 0.1) is 6.04 Å². The molecular formula is C20H22N2O3. The summed E-state index contributed by atoms with van der Waals surface area (Å²) in [5.41, 5.74) is 2.13. The fraction of sp³-hybridized carbons (Fsp3) is 0.300. The summed E-state index contributed by atoms with van der Waals surface area (Å²) in [6, 6.07) is 16.4. The van der Waals surface area contributed by atoms with Gasteiger partial charge in [-0.25, -0.2) is 4.79 Å². The molecule has 0 bridgehead atoms. The Morgan fingerprint density at radius 2 is 1.60 bits per heavy atom. The van der Waals surface area contributed by atoms with Crippen LogP contribution in [0.3, 0.4) is 0 Å². The van der Waals surface area contributed by atoms with E-state index in [1.54, 1.807) is 20.8 Å². The van der Waals surface area contributed by atoms with Gasteiger partial charge in [-0.1, -0.05) is 54.6 Å². The normalized spacial score (nSPS) is 19.6. The maximum absolute atomic E-state index is 12.7. The fourth-order valence-electron chi connectivity index (χ4n) is 2.96. The van der Waals surface area contributed by atoms with E-state index in [1.807, 2.05) is 54.6 Å². The van der Waals surface area contributed by atoms with Crippen molar-refractivity contribution in [1.29, 1.82) is 0 Å². The van der Waals surface area contributed by atoms with Crippen molar-refractivity contribution in [3.05, 3.63) is 71.3 Å². The number of benzene rings is 2. The van der Waals surface area contributed by atoms with Crippen molar-refractivity contribution in [1.82, 2.24) is 10.6 Å². The van der Waals surface area contributed by atoms with E-state index >= 15 is 0 Å². The first-order chi connectivity index (χ1) is 11.8. The predicted molar refractivity (Wildman–Crippen MR) is 95.0 cm³/mol. The van der Waals surface area contributed by atoms with Crippen LogP contribution in [0, 0.1) is 0 Å². The third kappa shape index (κ3) is 3.82. The van der Waals surface area contributed by atoms with E-state index in [0.717, 1.165) is 16.7 Å². The van der Waals surface area contributed by atoms with Gasteiger partial charge in [0.1, 0.15) is 11.6 Å². The number of carbonyl (C=O) groups excluding carboxylic acids is 2. The molecule has 25 heavy (non-hydrogen) atoms. The summed E-state index contributed by atoms with van der Waals surface area (Å²) < 4.78 is 5.29. The average molecular weight is 338 g/mol. The van der Waals surface area contributed by atoms with Gasteiger partial charge in [-0.05, 0) is 37.5 Å². The number of fused-ring (bicyclic) bond motifs is 1. The molecule has 1 unspecified atom stereocenters. The molecule has 2 amide bonds.